The van der Waals surface area contributed by atoms with E-state index in [2.05, 4.69) is 33.8 Å². The van der Waals surface area contributed by atoms with Gasteiger partial charge in [0.1, 0.15) is 17.4 Å². The van der Waals surface area contributed by atoms with Gasteiger partial charge >= 0.3 is 0 Å². The minimum Gasteiger partial charge on any atom is -0.496 e. The Kier molecular flexibility index (Phi) is 5.09. The van der Waals surface area contributed by atoms with Crippen molar-refractivity contribution in [1.29, 1.82) is 0 Å². The number of methoxy groups -OCH3 is 1. The summed E-state index contributed by atoms with van der Waals surface area (Å²) in [6.45, 7) is 6.35. The molecule has 2 aromatic carbocycles. The molecule has 0 saturated carbocycles. The highest BCUT2D eigenvalue weighted by Crippen LogP contribution is 2.31. The lowest BCUT2D eigenvalue weighted by Crippen LogP contribution is -2.46. The maximum absolute atomic E-state index is 13.6. The van der Waals surface area contributed by atoms with Crippen molar-refractivity contribution in [3.05, 3.63) is 59.7 Å². The summed E-state index contributed by atoms with van der Waals surface area (Å²) in [6, 6.07) is 13.2. The molecule has 4 rings (SSSR count). The first-order valence-electron chi connectivity index (χ1n) is 9.43. The van der Waals surface area contributed by atoms with E-state index >= 15 is 0 Å². The van der Waals surface area contributed by atoms with E-state index in [4.69, 9.17) is 9.72 Å². The second-order valence-corrected chi connectivity index (χ2v) is 6.84. The van der Waals surface area contributed by atoms with E-state index in [1.54, 1.807) is 7.11 Å². The second kappa shape index (κ2) is 7.66. The van der Waals surface area contributed by atoms with E-state index in [-0.39, 0.29) is 11.9 Å². The molecule has 0 amide bonds. The molecule has 1 atom stereocenters. The van der Waals surface area contributed by atoms with Crippen LogP contribution in [0.4, 0.5) is 4.39 Å². The van der Waals surface area contributed by atoms with Crippen LogP contribution in [0.15, 0.2) is 42.5 Å². The molecule has 6 heteroatoms. The first kappa shape index (κ1) is 17.9. The van der Waals surface area contributed by atoms with Gasteiger partial charge in [0, 0.05) is 37.8 Å². The molecule has 3 aromatic rings. The lowest BCUT2D eigenvalue weighted by Gasteiger charge is -2.36. The average molecular weight is 368 g/mol. The van der Waals surface area contributed by atoms with E-state index < -0.39 is 0 Å². The number of para-hydroxylation sites is 1. The van der Waals surface area contributed by atoms with Crippen LogP contribution in [-0.4, -0.2) is 41.2 Å². The fourth-order valence-electron chi connectivity index (χ4n) is 3.99. The van der Waals surface area contributed by atoms with Gasteiger partial charge in [-0.05, 0) is 25.1 Å². The SMILES string of the molecule is CCn1c(CN2CCNCC2c2ccccc2OC)nc2cc(F)ccc21. The van der Waals surface area contributed by atoms with E-state index in [0.717, 1.165) is 48.8 Å². The molecule has 1 aliphatic heterocycles. The zero-order chi connectivity index (χ0) is 18.8. The number of halogens is 1. The third-order valence-electron chi connectivity index (χ3n) is 5.30. The molecule has 5 nitrogen and oxygen atoms in total. The van der Waals surface area contributed by atoms with Crippen molar-refractivity contribution >= 4 is 11.0 Å². The molecule has 1 unspecified atom stereocenters. The molecule has 1 aromatic heterocycles. The highest BCUT2D eigenvalue weighted by Gasteiger charge is 2.27. The second-order valence-electron chi connectivity index (χ2n) is 6.84. The number of hydrogen-bond donors (Lipinski definition) is 1. The molecule has 0 radical (unpaired) electrons. The summed E-state index contributed by atoms with van der Waals surface area (Å²) in [4.78, 5) is 7.17. The molecular weight excluding hydrogens is 343 g/mol. The first-order valence-corrected chi connectivity index (χ1v) is 9.43. The van der Waals surface area contributed by atoms with Gasteiger partial charge in [-0.3, -0.25) is 4.90 Å². The van der Waals surface area contributed by atoms with Crippen molar-refractivity contribution in [3.8, 4) is 5.75 Å². The maximum atomic E-state index is 13.6. The highest BCUT2D eigenvalue weighted by molar-refractivity contribution is 5.76. The predicted octanol–water partition coefficient (Wildman–Crippen LogP) is 3.35. The summed E-state index contributed by atoms with van der Waals surface area (Å²) in [6.07, 6.45) is 0. The topological polar surface area (TPSA) is 42.3 Å². The molecule has 0 aliphatic carbocycles. The molecule has 1 saturated heterocycles. The Labute approximate surface area is 158 Å². The number of nitrogens with one attached hydrogen (secondary N) is 1. The lowest BCUT2D eigenvalue weighted by atomic mass is 10.0. The van der Waals surface area contributed by atoms with E-state index in [0.29, 0.717) is 6.54 Å². The summed E-state index contributed by atoms with van der Waals surface area (Å²) >= 11 is 0. The normalized spacial score (nSPS) is 18.1. The largest absolute Gasteiger partial charge is 0.496 e. The molecule has 2 heterocycles. The van der Waals surface area contributed by atoms with Crippen LogP contribution in [0.25, 0.3) is 11.0 Å². The van der Waals surface area contributed by atoms with Gasteiger partial charge in [-0.25, -0.2) is 9.37 Å². The monoisotopic (exact) mass is 368 g/mol. The summed E-state index contributed by atoms with van der Waals surface area (Å²) in [5.74, 6) is 1.63. The van der Waals surface area contributed by atoms with Crippen LogP contribution >= 0.6 is 0 Å². The van der Waals surface area contributed by atoms with E-state index in [1.807, 2.05) is 18.2 Å². The fraction of sp³-hybridized carbons (Fsp3) is 0.381. The first-order chi connectivity index (χ1) is 13.2. The van der Waals surface area contributed by atoms with Gasteiger partial charge in [-0.2, -0.15) is 0 Å². The predicted molar refractivity (Wildman–Crippen MR) is 104 cm³/mol. The van der Waals surface area contributed by atoms with Crippen molar-refractivity contribution in [1.82, 2.24) is 19.8 Å². The standard InChI is InChI=1S/C21H25FN4O/c1-3-26-18-9-8-15(22)12-17(18)24-21(26)14-25-11-10-23-13-19(25)16-6-4-5-7-20(16)27-2/h4-9,12,19,23H,3,10-11,13-14H2,1-2H3. The van der Waals surface area contributed by atoms with Crippen LogP contribution in [0.3, 0.4) is 0 Å². The van der Waals surface area contributed by atoms with Crippen molar-refractivity contribution in [3.63, 3.8) is 0 Å². The van der Waals surface area contributed by atoms with Gasteiger partial charge in [0.2, 0.25) is 0 Å². The van der Waals surface area contributed by atoms with E-state index in [9.17, 15) is 4.39 Å². The molecule has 1 fully saturated rings. The number of aromatic nitrogens is 2. The van der Waals surface area contributed by atoms with Crippen molar-refractivity contribution < 1.29 is 9.13 Å². The average Bonchev–Trinajstić information content (AvgIpc) is 3.04. The number of fused-ring (bicyclic) bond motifs is 1. The number of rotatable bonds is 5. The molecule has 142 valence electrons. The van der Waals surface area contributed by atoms with Gasteiger partial charge in [0.05, 0.1) is 30.7 Å². The van der Waals surface area contributed by atoms with Crippen molar-refractivity contribution in [2.75, 3.05) is 26.7 Å². The van der Waals surface area contributed by atoms with Gasteiger partial charge < -0.3 is 14.6 Å². The number of nitrogens with zero attached hydrogens (tertiary/aromatic N) is 3. The fourth-order valence-corrected chi connectivity index (χ4v) is 3.99. The number of aryl methyl sites for hydroxylation is 1. The number of piperazine rings is 1. The van der Waals surface area contributed by atoms with Crippen molar-refractivity contribution in [2.24, 2.45) is 0 Å². The smallest absolute Gasteiger partial charge is 0.125 e. The van der Waals surface area contributed by atoms with Crippen LogP contribution in [-0.2, 0) is 13.1 Å². The number of ether oxygens (including phenoxy) is 1. The minimum absolute atomic E-state index is 0.205. The van der Waals surface area contributed by atoms with Crippen molar-refractivity contribution in [2.45, 2.75) is 26.1 Å². The summed E-state index contributed by atoms with van der Waals surface area (Å²) in [5, 5.41) is 3.49. The summed E-state index contributed by atoms with van der Waals surface area (Å²) < 4.78 is 21.4. The Morgan fingerprint density at radius 2 is 2.11 bits per heavy atom. The number of hydrogen-bond acceptors (Lipinski definition) is 4. The number of benzene rings is 2. The molecule has 0 spiro atoms. The zero-order valence-electron chi connectivity index (χ0n) is 15.8. The van der Waals surface area contributed by atoms with Gasteiger partial charge in [0.15, 0.2) is 0 Å². The van der Waals surface area contributed by atoms with Gasteiger partial charge in [-0.15, -0.1) is 0 Å². The Bertz CT molecular complexity index is 939. The minimum atomic E-state index is -0.246. The van der Waals surface area contributed by atoms with E-state index in [1.165, 1.54) is 17.7 Å². The molecule has 27 heavy (non-hydrogen) atoms. The zero-order valence-corrected chi connectivity index (χ0v) is 15.8. The van der Waals surface area contributed by atoms with Gasteiger partial charge in [0.25, 0.3) is 0 Å². The Hall–Kier alpha value is -2.44. The van der Waals surface area contributed by atoms with Crippen LogP contribution in [0, 0.1) is 5.82 Å². The maximum Gasteiger partial charge on any atom is 0.125 e. The molecule has 1 aliphatic rings. The Morgan fingerprint density at radius 1 is 1.26 bits per heavy atom. The summed E-state index contributed by atoms with van der Waals surface area (Å²) in [5.41, 5.74) is 2.88. The highest BCUT2D eigenvalue weighted by atomic mass is 19.1. The Balaban J connectivity index is 1.68. The third-order valence-corrected chi connectivity index (χ3v) is 5.30. The summed E-state index contributed by atoms with van der Waals surface area (Å²) in [7, 11) is 1.71. The van der Waals surface area contributed by atoms with Crippen LogP contribution in [0.2, 0.25) is 0 Å². The Morgan fingerprint density at radius 3 is 2.93 bits per heavy atom. The molecule has 1 N–H and O–H groups in total. The van der Waals surface area contributed by atoms with Crippen LogP contribution in [0.1, 0.15) is 24.4 Å². The third kappa shape index (κ3) is 3.42. The number of imidazole rings is 1. The molecule has 0 bridgehead atoms. The quantitative estimate of drug-likeness (QED) is 0.750. The van der Waals surface area contributed by atoms with Crippen LogP contribution in [0.5, 0.6) is 5.75 Å². The van der Waals surface area contributed by atoms with Crippen LogP contribution < -0.4 is 10.1 Å². The lowest BCUT2D eigenvalue weighted by molar-refractivity contribution is 0.146. The molecular formula is C21H25FN4O. The van der Waals surface area contributed by atoms with Gasteiger partial charge in [-0.1, -0.05) is 18.2 Å².